The highest BCUT2D eigenvalue weighted by Crippen LogP contribution is 2.32. The fourth-order valence-corrected chi connectivity index (χ4v) is 2.27. The molecule has 1 aromatic rings. The maximum Gasteiger partial charge on any atom is 0.190 e. The zero-order valence-electron chi connectivity index (χ0n) is 10.4. The Morgan fingerprint density at radius 1 is 1.42 bits per heavy atom. The Balaban J connectivity index is 2.40. The molecule has 4 nitrogen and oxygen atoms in total. The summed E-state index contributed by atoms with van der Waals surface area (Å²) in [5, 5.41) is 3.80. The summed E-state index contributed by atoms with van der Waals surface area (Å²) in [6, 6.07) is 5.28. The Hall–Kier alpha value is -0.940. The highest BCUT2D eigenvalue weighted by molar-refractivity contribution is 6.42. The molecule has 0 atom stereocenters. The van der Waals surface area contributed by atoms with Crippen molar-refractivity contribution < 1.29 is 9.47 Å². The smallest absolute Gasteiger partial charge is 0.190 e. The van der Waals surface area contributed by atoms with Gasteiger partial charge in [-0.3, -0.25) is 0 Å². The van der Waals surface area contributed by atoms with E-state index in [0.717, 1.165) is 0 Å². The van der Waals surface area contributed by atoms with Gasteiger partial charge in [-0.15, -0.1) is 0 Å². The van der Waals surface area contributed by atoms with Crippen molar-refractivity contribution in [1.82, 2.24) is 0 Å². The third-order valence-corrected chi connectivity index (χ3v) is 3.80. The van der Waals surface area contributed by atoms with E-state index in [-0.39, 0.29) is 6.54 Å². The molecule has 1 fully saturated rings. The first-order valence-electron chi connectivity index (χ1n) is 5.79. The zero-order valence-corrected chi connectivity index (χ0v) is 11.9. The van der Waals surface area contributed by atoms with E-state index in [1.165, 1.54) is 0 Å². The Kier molecular flexibility index (Phi) is 4.58. The van der Waals surface area contributed by atoms with Gasteiger partial charge >= 0.3 is 0 Å². The Labute approximate surface area is 121 Å². The molecular weight excluding hydrogens is 289 g/mol. The molecule has 0 amide bonds. The van der Waals surface area contributed by atoms with Crippen molar-refractivity contribution in [3.8, 4) is 0 Å². The second kappa shape index (κ2) is 6.01. The van der Waals surface area contributed by atoms with E-state index in [1.54, 1.807) is 31.2 Å². The molecule has 6 heteroatoms. The molecule has 1 aromatic carbocycles. The minimum atomic E-state index is -0.931. The normalized spacial score (nSPS) is 18.6. The van der Waals surface area contributed by atoms with E-state index in [2.05, 4.69) is 5.18 Å². The van der Waals surface area contributed by atoms with E-state index in [9.17, 15) is 4.91 Å². The van der Waals surface area contributed by atoms with Crippen LogP contribution in [0.5, 0.6) is 0 Å². The highest BCUT2D eigenvalue weighted by Gasteiger charge is 2.35. The first-order chi connectivity index (χ1) is 9.07. The van der Waals surface area contributed by atoms with Gasteiger partial charge in [-0.1, -0.05) is 40.5 Å². The number of nitrogens with zero attached hydrogens (tertiary/aromatic N) is 1. The van der Waals surface area contributed by atoms with Gasteiger partial charge in [0, 0.05) is 5.57 Å². The first-order valence-corrected chi connectivity index (χ1v) is 6.54. The minimum absolute atomic E-state index is 0.0284. The fraction of sp³-hybridized carbons (Fsp3) is 0.385. The first kappa shape index (κ1) is 14.5. The number of halogens is 2. The van der Waals surface area contributed by atoms with E-state index in [0.29, 0.717) is 34.4 Å². The molecule has 0 N–H and O–H groups in total. The van der Waals surface area contributed by atoms with Gasteiger partial charge in [0.15, 0.2) is 5.79 Å². The fourth-order valence-electron chi connectivity index (χ4n) is 1.91. The second-order valence-corrected chi connectivity index (χ2v) is 5.03. The van der Waals surface area contributed by atoms with Gasteiger partial charge in [-0.05, 0) is 24.6 Å². The number of hydrogen-bond acceptors (Lipinski definition) is 4. The van der Waals surface area contributed by atoms with Gasteiger partial charge < -0.3 is 9.47 Å². The summed E-state index contributed by atoms with van der Waals surface area (Å²) in [5.41, 5.74) is 1.32. The molecule has 19 heavy (non-hydrogen) atoms. The summed E-state index contributed by atoms with van der Waals surface area (Å²) in [6.45, 7) is 2.70. The van der Waals surface area contributed by atoms with Gasteiger partial charge in [0.1, 0.15) is 6.54 Å². The van der Waals surface area contributed by atoms with Crippen molar-refractivity contribution in [2.75, 3.05) is 19.8 Å². The summed E-state index contributed by atoms with van der Waals surface area (Å²) in [4.78, 5) is 10.6. The van der Waals surface area contributed by atoms with Gasteiger partial charge in [-0.2, -0.15) is 4.91 Å². The molecule has 1 saturated heterocycles. The van der Waals surface area contributed by atoms with Crippen molar-refractivity contribution in [1.29, 1.82) is 0 Å². The molecule has 0 radical (unpaired) electrons. The number of ether oxygens (including phenoxy) is 2. The molecule has 2 rings (SSSR count). The molecule has 0 saturated carbocycles. The van der Waals surface area contributed by atoms with Crippen LogP contribution in [-0.4, -0.2) is 25.5 Å². The topological polar surface area (TPSA) is 47.9 Å². The molecule has 102 valence electrons. The highest BCUT2D eigenvalue weighted by atomic mass is 35.5. The molecule has 0 aromatic heterocycles. The summed E-state index contributed by atoms with van der Waals surface area (Å²) in [6.07, 6.45) is 1.74. The van der Waals surface area contributed by atoms with Crippen LogP contribution in [0.2, 0.25) is 10.0 Å². The molecule has 0 aliphatic carbocycles. The Morgan fingerprint density at radius 3 is 2.74 bits per heavy atom. The minimum Gasteiger partial charge on any atom is -0.344 e. The summed E-state index contributed by atoms with van der Waals surface area (Å²) < 4.78 is 11.1. The number of hydrogen-bond donors (Lipinski definition) is 0. The van der Waals surface area contributed by atoms with E-state index in [4.69, 9.17) is 32.7 Å². The molecule has 1 heterocycles. The molecule has 1 aliphatic rings. The van der Waals surface area contributed by atoms with Crippen molar-refractivity contribution in [2.45, 2.75) is 12.7 Å². The Morgan fingerprint density at radius 2 is 2.11 bits per heavy atom. The maximum atomic E-state index is 10.6. The quantitative estimate of drug-likeness (QED) is 0.792. The van der Waals surface area contributed by atoms with Crippen molar-refractivity contribution in [2.24, 2.45) is 5.18 Å². The van der Waals surface area contributed by atoms with Crippen LogP contribution in [-0.2, 0) is 9.47 Å². The van der Waals surface area contributed by atoms with Crippen LogP contribution in [0, 0.1) is 4.91 Å². The van der Waals surface area contributed by atoms with Crippen LogP contribution in [0.1, 0.15) is 12.5 Å². The van der Waals surface area contributed by atoms with Gasteiger partial charge in [0.05, 0.1) is 23.3 Å². The van der Waals surface area contributed by atoms with Crippen molar-refractivity contribution in [3.63, 3.8) is 0 Å². The lowest BCUT2D eigenvalue weighted by molar-refractivity contribution is -0.109. The lowest BCUT2D eigenvalue weighted by atomic mass is 10.0. The van der Waals surface area contributed by atoms with Crippen LogP contribution < -0.4 is 0 Å². The lowest BCUT2D eigenvalue weighted by Crippen LogP contribution is -2.29. The summed E-state index contributed by atoms with van der Waals surface area (Å²) >= 11 is 12.1. The van der Waals surface area contributed by atoms with E-state index >= 15 is 0 Å². The third kappa shape index (κ3) is 3.15. The molecule has 0 bridgehead atoms. The average molecular weight is 302 g/mol. The maximum absolute atomic E-state index is 10.6. The van der Waals surface area contributed by atoms with Crippen molar-refractivity contribution in [3.05, 3.63) is 44.3 Å². The molecular formula is C13H13Cl2NO3. The van der Waals surface area contributed by atoms with Crippen LogP contribution in [0.4, 0.5) is 0 Å². The van der Waals surface area contributed by atoms with Crippen LogP contribution in [0.15, 0.2) is 28.9 Å². The van der Waals surface area contributed by atoms with Gasteiger partial charge in [0.25, 0.3) is 0 Å². The molecule has 1 aliphatic heterocycles. The largest absolute Gasteiger partial charge is 0.344 e. The third-order valence-electron chi connectivity index (χ3n) is 2.97. The zero-order chi connectivity index (χ0) is 13.9. The molecule has 0 unspecified atom stereocenters. The number of benzene rings is 1. The predicted molar refractivity (Wildman–Crippen MR) is 75.4 cm³/mol. The second-order valence-electron chi connectivity index (χ2n) is 4.24. The number of nitroso groups, excluding NO2 is 1. The predicted octanol–water partition coefficient (Wildman–Crippen LogP) is 3.91. The monoisotopic (exact) mass is 301 g/mol. The van der Waals surface area contributed by atoms with Gasteiger partial charge in [-0.25, -0.2) is 0 Å². The SMILES string of the molecule is CC1(/C(=C/c2cccc(Cl)c2Cl)CN=O)OCCO1. The summed E-state index contributed by atoms with van der Waals surface area (Å²) in [5.74, 6) is -0.931. The van der Waals surface area contributed by atoms with Crippen LogP contribution in [0.25, 0.3) is 6.08 Å². The summed E-state index contributed by atoms with van der Waals surface area (Å²) in [7, 11) is 0. The van der Waals surface area contributed by atoms with Crippen LogP contribution in [0.3, 0.4) is 0 Å². The average Bonchev–Trinajstić information content (AvgIpc) is 2.82. The van der Waals surface area contributed by atoms with Gasteiger partial charge in [0.2, 0.25) is 0 Å². The Bertz CT molecular complexity index is 511. The number of rotatable bonds is 4. The van der Waals surface area contributed by atoms with E-state index in [1.807, 2.05) is 0 Å². The standard InChI is InChI=1S/C13H13Cl2NO3/c1-13(18-5-6-19-13)10(8-16-17)7-9-3-2-4-11(14)12(9)15/h2-4,7H,5-6,8H2,1H3/b10-7+. The molecule has 0 spiro atoms. The lowest BCUT2D eigenvalue weighted by Gasteiger charge is -2.24. The van der Waals surface area contributed by atoms with E-state index < -0.39 is 5.79 Å². The van der Waals surface area contributed by atoms with Crippen LogP contribution >= 0.6 is 23.2 Å². The van der Waals surface area contributed by atoms with Crippen molar-refractivity contribution >= 4 is 29.3 Å².